The number of benzene rings is 1. The molecule has 1 aromatic carbocycles. The molecule has 5 heteroatoms. The summed E-state index contributed by atoms with van der Waals surface area (Å²) in [4.78, 5) is 21.2. The molecule has 0 aliphatic carbocycles. The predicted molar refractivity (Wildman–Crippen MR) is 97.6 cm³/mol. The number of aromatic nitrogens is 3. The first-order chi connectivity index (χ1) is 12.2. The predicted octanol–water partition coefficient (Wildman–Crippen LogP) is 3.96. The molecule has 0 aliphatic rings. The minimum atomic E-state index is -0.205. The molecule has 0 saturated heterocycles. The summed E-state index contributed by atoms with van der Waals surface area (Å²) in [6.07, 6.45) is 5.51. The van der Waals surface area contributed by atoms with E-state index in [-0.39, 0.29) is 5.91 Å². The summed E-state index contributed by atoms with van der Waals surface area (Å²) >= 11 is 0. The summed E-state index contributed by atoms with van der Waals surface area (Å²) < 4.78 is 1.91. The Morgan fingerprint density at radius 2 is 1.92 bits per heavy atom. The Bertz CT molecular complexity index is 1040. The van der Waals surface area contributed by atoms with Gasteiger partial charge in [-0.05, 0) is 30.7 Å². The molecule has 0 radical (unpaired) electrons. The molecule has 0 aliphatic heterocycles. The second kappa shape index (κ2) is 6.20. The molecule has 25 heavy (non-hydrogen) atoms. The Kier molecular flexibility index (Phi) is 3.74. The summed E-state index contributed by atoms with van der Waals surface area (Å²) in [6, 6.07) is 17.2. The van der Waals surface area contributed by atoms with E-state index in [9.17, 15) is 4.79 Å². The van der Waals surface area contributed by atoms with Crippen LogP contribution in [0.5, 0.6) is 0 Å². The molecule has 3 aromatic heterocycles. The van der Waals surface area contributed by atoms with Crippen molar-refractivity contribution < 1.29 is 4.79 Å². The number of fused-ring (bicyclic) bond motifs is 1. The number of imidazole rings is 1. The molecular weight excluding hydrogens is 312 g/mol. The number of aryl methyl sites for hydroxylation is 1. The maximum Gasteiger partial charge on any atom is 0.257 e. The third-order valence-corrected chi connectivity index (χ3v) is 3.94. The SMILES string of the molecule is Cc1ccc(NC(=O)c2ccn3cc(-c4ccccc4)nc3c2)nc1. The Morgan fingerprint density at radius 3 is 2.68 bits per heavy atom. The molecule has 4 rings (SSSR count). The fraction of sp³-hybridized carbons (Fsp3) is 0.0500. The molecule has 1 amide bonds. The minimum Gasteiger partial charge on any atom is -0.307 e. The zero-order chi connectivity index (χ0) is 17.2. The van der Waals surface area contributed by atoms with Crippen molar-refractivity contribution in [3.8, 4) is 11.3 Å². The Balaban J connectivity index is 1.62. The van der Waals surface area contributed by atoms with Crippen LogP contribution >= 0.6 is 0 Å². The van der Waals surface area contributed by atoms with Crippen LogP contribution in [0.1, 0.15) is 15.9 Å². The van der Waals surface area contributed by atoms with Gasteiger partial charge in [0.2, 0.25) is 0 Å². The molecule has 122 valence electrons. The van der Waals surface area contributed by atoms with Crippen molar-refractivity contribution in [2.24, 2.45) is 0 Å². The highest BCUT2D eigenvalue weighted by atomic mass is 16.1. The lowest BCUT2D eigenvalue weighted by molar-refractivity contribution is 0.102. The van der Waals surface area contributed by atoms with Gasteiger partial charge in [-0.25, -0.2) is 9.97 Å². The van der Waals surface area contributed by atoms with Crippen molar-refractivity contribution in [3.63, 3.8) is 0 Å². The molecule has 0 spiro atoms. The molecule has 0 fully saturated rings. The van der Waals surface area contributed by atoms with Crippen molar-refractivity contribution >= 4 is 17.4 Å². The van der Waals surface area contributed by atoms with E-state index in [1.54, 1.807) is 24.4 Å². The molecule has 1 N–H and O–H groups in total. The summed E-state index contributed by atoms with van der Waals surface area (Å²) in [5.41, 5.74) is 4.23. The van der Waals surface area contributed by atoms with Gasteiger partial charge in [-0.2, -0.15) is 0 Å². The highest BCUT2D eigenvalue weighted by Gasteiger charge is 2.10. The van der Waals surface area contributed by atoms with Crippen LogP contribution in [-0.2, 0) is 0 Å². The van der Waals surface area contributed by atoms with Crippen molar-refractivity contribution in [1.29, 1.82) is 0 Å². The third-order valence-electron chi connectivity index (χ3n) is 3.94. The van der Waals surface area contributed by atoms with Crippen LogP contribution in [0.15, 0.2) is 73.2 Å². The molecule has 0 atom stereocenters. The molecular formula is C20H16N4O. The van der Waals surface area contributed by atoms with E-state index in [4.69, 9.17) is 0 Å². The first-order valence-corrected chi connectivity index (χ1v) is 7.97. The number of rotatable bonds is 3. The smallest absolute Gasteiger partial charge is 0.257 e. The van der Waals surface area contributed by atoms with Gasteiger partial charge in [0, 0.05) is 29.7 Å². The highest BCUT2D eigenvalue weighted by Crippen LogP contribution is 2.19. The topological polar surface area (TPSA) is 59.3 Å². The van der Waals surface area contributed by atoms with Gasteiger partial charge >= 0.3 is 0 Å². The molecule has 0 saturated carbocycles. The van der Waals surface area contributed by atoms with Gasteiger partial charge in [-0.3, -0.25) is 4.79 Å². The largest absolute Gasteiger partial charge is 0.307 e. The number of carbonyl (C=O) groups is 1. The van der Waals surface area contributed by atoms with E-state index in [0.29, 0.717) is 11.4 Å². The molecule has 3 heterocycles. The Hall–Kier alpha value is -3.47. The summed E-state index contributed by atoms with van der Waals surface area (Å²) in [7, 11) is 0. The van der Waals surface area contributed by atoms with E-state index in [1.165, 1.54) is 0 Å². The van der Waals surface area contributed by atoms with E-state index in [1.807, 2.05) is 60.1 Å². The second-order valence-electron chi connectivity index (χ2n) is 5.85. The molecule has 5 nitrogen and oxygen atoms in total. The van der Waals surface area contributed by atoms with Crippen LogP contribution in [0.25, 0.3) is 16.9 Å². The zero-order valence-corrected chi connectivity index (χ0v) is 13.7. The zero-order valence-electron chi connectivity index (χ0n) is 13.7. The number of anilines is 1. The Labute approximate surface area is 145 Å². The van der Waals surface area contributed by atoms with Crippen molar-refractivity contribution in [2.45, 2.75) is 6.92 Å². The quantitative estimate of drug-likeness (QED) is 0.619. The van der Waals surface area contributed by atoms with Gasteiger partial charge in [0.1, 0.15) is 11.5 Å². The second-order valence-corrected chi connectivity index (χ2v) is 5.85. The number of carbonyl (C=O) groups excluding carboxylic acids is 1. The number of nitrogens with one attached hydrogen (secondary N) is 1. The normalized spacial score (nSPS) is 10.8. The van der Waals surface area contributed by atoms with Crippen LogP contribution in [-0.4, -0.2) is 20.3 Å². The molecule has 4 aromatic rings. The van der Waals surface area contributed by atoms with E-state index in [0.717, 1.165) is 22.5 Å². The number of pyridine rings is 2. The fourth-order valence-corrected chi connectivity index (χ4v) is 2.60. The molecule has 0 unspecified atom stereocenters. The summed E-state index contributed by atoms with van der Waals surface area (Å²) in [6.45, 7) is 1.95. The highest BCUT2D eigenvalue weighted by molar-refractivity contribution is 6.04. The number of amides is 1. The third kappa shape index (κ3) is 3.12. The van der Waals surface area contributed by atoms with Crippen LogP contribution in [0.3, 0.4) is 0 Å². The summed E-state index contributed by atoms with van der Waals surface area (Å²) in [5.74, 6) is 0.326. The van der Waals surface area contributed by atoms with Gasteiger partial charge in [0.15, 0.2) is 0 Å². The lowest BCUT2D eigenvalue weighted by Crippen LogP contribution is -2.13. The summed E-state index contributed by atoms with van der Waals surface area (Å²) in [5, 5.41) is 2.80. The van der Waals surface area contributed by atoms with E-state index in [2.05, 4.69) is 15.3 Å². The van der Waals surface area contributed by atoms with Crippen molar-refractivity contribution in [3.05, 3.63) is 84.3 Å². The lowest BCUT2D eigenvalue weighted by Gasteiger charge is -2.05. The van der Waals surface area contributed by atoms with Gasteiger partial charge in [-0.1, -0.05) is 36.4 Å². The van der Waals surface area contributed by atoms with Crippen LogP contribution in [0.2, 0.25) is 0 Å². The van der Waals surface area contributed by atoms with Gasteiger partial charge < -0.3 is 9.72 Å². The maximum atomic E-state index is 12.4. The van der Waals surface area contributed by atoms with Crippen LogP contribution in [0.4, 0.5) is 5.82 Å². The van der Waals surface area contributed by atoms with Gasteiger partial charge in [0.25, 0.3) is 5.91 Å². The number of nitrogens with zero attached hydrogens (tertiary/aromatic N) is 3. The number of hydrogen-bond acceptors (Lipinski definition) is 3. The van der Waals surface area contributed by atoms with Crippen molar-refractivity contribution in [2.75, 3.05) is 5.32 Å². The van der Waals surface area contributed by atoms with Crippen LogP contribution in [0, 0.1) is 6.92 Å². The number of hydrogen-bond donors (Lipinski definition) is 1. The fourth-order valence-electron chi connectivity index (χ4n) is 2.60. The monoisotopic (exact) mass is 328 g/mol. The average Bonchev–Trinajstić information content (AvgIpc) is 3.07. The van der Waals surface area contributed by atoms with E-state index < -0.39 is 0 Å². The maximum absolute atomic E-state index is 12.4. The Morgan fingerprint density at radius 1 is 1.08 bits per heavy atom. The lowest BCUT2D eigenvalue weighted by atomic mass is 10.2. The van der Waals surface area contributed by atoms with Crippen LogP contribution < -0.4 is 5.32 Å². The van der Waals surface area contributed by atoms with Gasteiger partial charge in [-0.15, -0.1) is 0 Å². The minimum absolute atomic E-state index is 0.205. The first kappa shape index (κ1) is 15.1. The first-order valence-electron chi connectivity index (χ1n) is 7.97. The van der Waals surface area contributed by atoms with Crippen molar-refractivity contribution in [1.82, 2.24) is 14.4 Å². The molecule has 0 bridgehead atoms. The van der Waals surface area contributed by atoms with Gasteiger partial charge in [0.05, 0.1) is 5.69 Å². The standard InChI is InChI=1S/C20H16N4O/c1-14-7-8-18(21-12-14)23-20(25)16-9-10-24-13-17(22-19(24)11-16)15-5-3-2-4-6-15/h2-13H,1H3,(H,21,23,25). The average molecular weight is 328 g/mol. The van der Waals surface area contributed by atoms with E-state index >= 15 is 0 Å².